The van der Waals surface area contributed by atoms with E-state index in [1.807, 2.05) is 36.4 Å². The molecule has 0 N–H and O–H groups in total. The Labute approximate surface area is 289 Å². The molecular weight excluding hydrogens is 613 g/mol. The largest absolute Gasteiger partial charge is 0.456 e. The lowest BCUT2D eigenvalue weighted by Gasteiger charge is -2.45. The van der Waals surface area contributed by atoms with Gasteiger partial charge < -0.3 is 8.83 Å². The maximum Gasteiger partial charge on any atom is 0.180 e. The minimum Gasteiger partial charge on any atom is -0.456 e. The number of hydrogen-bond acceptors (Lipinski definition) is 4. The van der Waals surface area contributed by atoms with Crippen molar-refractivity contribution in [3.63, 3.8) is 0 Å². The number of hydrogen-bond donors (Lipinski definition) is 0. The van der Waals surface area contributed by atoms with Crippen molar-refractivity contribution >= 4 is 49.6 Å². The number of furan rings is 2. The second-order valence-corrected chi connectivity index (χ2v) is 14.3. The Kier molecular flexibility index (Phi) is 6.12. The van der Waals surface area contributed by atoms with Crippen LogP contribution in [0.2, 0.25) is 0 Å². The zero-order valence-corrected chi connectivity index (χ0v) is 27.6. The van der Waals surface area contributed by atoms with Crippen LogP contribution >= 0.6 is 0 Å². The Balaban J connectivity index is 1.09. The predicted molar refractivity (Wildman–Crippen MR) is 203 cm³/mol. The van der Waals surface area contributed by atoms with Crippen molar-refractivity contribution in [2.45, 2.75) is 38.0 Å². The Morgan fingerprint density at radius 2 is 1.34 bits per heavy atom. The molecule has 11 rings (SSSR count). The summed E-state index contributed by atoms with van der Waals surface area (Å²) < 4.78 is 12.8. The lowest BCUT2D eigenvalue weighted by Crippen LogP contribution is -2.32. The minimum atomic E-state index is 0.608. The third kappa shape index (κ3) is 4.18. The molecule has 240 valence electrons. The highest BCUT2D eigenvalue weighted by molar-refractivity contribution is 6.09. The number of allylic oxidation sites excluding steroid dienone is 4. The smallest absolute Gasteiger partial charge is 0.180 e. The van der Waals surface area contributed by atoms with E-state index in [2.05, 4.69) is 91.0 Å². The summed E-state index contributed by atoms with van der Waals surface area (Å²) in [6.45, 7) is 0. The zero-order chi connectivity index (χ0) is 32.8. The van der Waals surface area contributed by atoms with Crippen molar-refractivity contribution in [1.82, 2.24) is 9.97 Å². The second-order valence-electron chi connectivity index (χ2n) is 14.3. The average Bonchev–Trinajstić information content (AvgIpc) is 3.75. The van der Waals surface area contributed by atoms with Gasteiger partial charge in [0.05, 0.1) is 0 Å². The van der Waals surface area contributed by atoms with E-state index >= 15 is 0 Å². The van der Waals surface area contributed by atoms with E-state index < -0.39 is 0 Å². The molecule has 5 aromatic carbocycles. The van der Waals surface area contributed by atoms with Gasteiger partial charge in [0, 0.05) is 27.3 Å². The van der Waals surface area contributed by atoms with E-state index in [0.717, 1.165) is 61.2 Å². The number of rotatable bonds is 3. The van der Waals surface area contributed by atoms with Crippen molar-refractivity contribution in [2.24, 2.45) is 11.8 Å². The number of benzene rings is 5. The van der Waals surface area contributed by atoms with Crippen molar-refractivity contribution in [2.75, 3.05) is 0 Å². The van der Waals surface area contributed by atoms with E-state index in [-0.39, 0.29) is 0 Å². The molecule has 8 aromatic rings. The van der Waals surface area contributed by atoms with Crippen LogP contribution in [-0.4, -0.2) is 9.97 Å². The molecular formula is C46H34N2O2. The summed E-state index contributed by atoms with van der Waals surface area (Å²) in [5, 5.41) is 3.17. The van der Waals surface area contributed by atoms with E-state index in [0.29, 0.717) is 23.2 Å². The first-order chi connectivity index (χ1) is 24.8. The summed E-state index contributed by atoms with van der Waals surface area (Å²) in [6.07, 6.45) is 13.5. The van der Waals surface area contributed by atoms with Crippen LogP contribution in [0.5, 0.6) is 0 Å². The van der Waals surface area contributed by atoms with Crippen molar-refractivity contribution in [3.8, 4) is 33.8 Å². The molecule has 3 atom stereocenters. The topological polar surface area (TPSA) is 52.1 Å². The Morgan fingerprint density at radius 3 is 2.24 bits per heavy atom. The second kappa shape index (κ2) is 10.9. The highest BCUT2D eigenvalue weighted by Gasteiger charge is 2.41. The molecule has 3 unspecified atom stereocenters. The van der Waals surface area contributed by atoms with Crippen LogP contribution in [0.25, 0.3) is 83.4 Å². The monoisotopic (exact) mass is 646 g/mol. The molecule has 3 aliphatic carbocycles. The maximum atomic E-state index is 6.44. The van der Waals surface area contributed by atoms with Gasteiger partial charge in [-0.25, -0.2) is 9.97 Å². The van der Waals surface area contributed by atoms with E-state index in [4.69, 9.17) is 18.8 Å². The first-order valence-corrected chi connectivity index (χ1v) is 18.0. The van der Waals surface area contributed by atoms with Gasteiger partial charge in [0.15, 0.2) is 11.4 Å². The van der Waals surface area contributed by atoms with E-state index in [9.17, 15) is 0 Å². The van der Waals surface area contributed by atoms with Gasteiger partial charge in [-0.3, -0.25) is 0 Å². The van der Waals surface area contributed by atoms with Crippen LogP contribution in [-0.2, 0) is 0 Å². The third-order valence-electron chi connectivity index (χ3n) is 11.6. The predicted octanol–water partition coefficient (Wildman–Crippen LogP) is 12.5. The lowest BCUT2D eigenvalue weighted by molar-refractivity contribution is 0.242. The molecule has 3 heterocycles. The third-order valence-corrected chi connectivity index (χ3v) is 11.6. The summed E-state index contributed by atoms with van der Waals surface area (Å²) in [6, 6.07) is 38.4. The van der Waals surface area contributed by atoms with Crippen molar-refractivity contribution < 1.29 is 8.83 Å². The SMILES string of the molecule is C1=CCC2C(=C1)c1cccc(-c3ccc4oc5ccc(-c6nc(-c7ccccc7)c7oc8ccccc8c7n6)cc5c4c3)c1C1CCCCC21. The zero-order valence-electron chi connectivity index (χ0n) is 27.6. The summed E-state index contributed by atoms with van der Waals surface area (Å²) in [5.74, 6) is 2.65. The molecule has 3 aromatic heterocycles. The minimum absolute atomic E-state index is 0.608. The average molecular weight is 647 g/mol. The van der Waals surface area contributed by atoms with Gasteiger partial charge in [0.1, 0.15) is 28.0 Å². The number of fused-ring (bicyclic) bond motifs is 12. The van der Waals surface area contributed by atoms with Gasteiger partial charge in [0.25, 0.3) is 0 Å². The van der Waals surface area contributed by atoms with Gasteiger partial charge in [0.2, 0.25) is 0 Å². The summed E-state index contributed by atoms with van der Waals surface area (Å²) in [7, 11) is 0. The molecule has 0 saturated heterocycles. The van der Waals surface area contributed by atoms with E-state index in [1.54, 1.807) is 11.1 Å². The van der Waals surface area contributed by atoms with Gasteiger partial charge in [-0.05, 0) is 107 Å². The fraction of sp³-hybridized carbons (Fsp3) is 0.174. The highest BCUT2D eigenvalue weighted by Crippen LogP contribution is 2.56. The van der Waals surface area contributed by atoms with Crippen LogP contribution in [0.4, 0.5) is 0 Å². The van der Waals surface area contributed by atoms with Crippen LogP contribution < -0.4 is 0 Å². The molecule has 0 amide bonds. The quantitative estimate of drug-likeness (QED) is 0.192. The molecule has 0 aliphatic heterocycles. The Bertz CT molecular complexity index is 2710. The summed E-state index contributed by atoms with van der Waals surface area (Å²) in [5.41, 5.74) is 14.0. The fourth-order valence-electron chi connectivity index (χ4n) is 9.41. The molecule has 3 aliphatic rings. The molecule has 0 radical (unpaired) electrons. The van der Waals surface area contributed by atoms with Crippen LogP contribution in [0.15, 0.2) is 136 Å². The van der Waals surface area contributed by atoms with Gasteiger partial charge in [-0.15, -0.1) is 0 Å². The molecule has 1 fully saturated rings. The first kappa shape index (κ1) is 28.1. The van der Waals surface area contributed by atoms with Crippen molar-refractivity contribution in [1.29, 1.82) is 0 Å². The molecule has 4 nitrogen and oxygen atoms in total. The fourth-order valence-corrected chi connectivity index (χ4v) is 9.41. The number of nitrogens with zero attached hydrogens (tertiary/aromatic N) is 2. The normalized spacial score (nSPS) is 19.8. The highest BCUT2D eigenvalue weighted by atomic mass is 16.3. The van der Waals surface area contributed by atoms with Crippen LogP contribution in [0.1, 0.15) is 49.1 Å². The molecule has 50 heavy (non-hydrogen) atoms. The molecule has 4 heteroatoms. The van der Waals surface area contributed by atoms with Gasteiger partial charge in [-0.1, -0.05) is 97.8 Å². The molecule has 0 spiro atoms. The number of para-hydroxylation sites is 1. The van der Waals surface area contributed by atoms with Gasteiger partial charge in [-0.2, -0.15) is 0 Å². The first-order valence-electron chi connectivity index (χ1n) is 18.0. The lowest BCUT2D eigenvalue weighted by atomic mass is 9.59. The summed E-state index contributed by atoms with van der Waals surface area (Å²) >= 11 is 0. The number of aromatic nitrogens is 2. The Hall–Kier alpha value is -5.74. The standard InChI is InChI=1S/C46H34N2O2/c1-2-11-27(12-3-1)43-45-44(36-17-8-9-20-39(36)50-45)48-46(47-43)29-22-24-41-38(26-29)37-25-28(21-23-40(37)49-41)30-18-10-19-35-33-14-5-4-13-31(33)32-15-6-7-16-34(32)42(30)35/h1-5,8-12,14,17-26,31-32,34H,6-7,13,15-16H2. The van der Waals surface area contributed by atoms with E-state index in [1.165, 1.54) is 48.8 Å². The molecule has 0 bridgehead atoms. The van der Waals surface area contributed by atoms with Crippen LogP contribution in [0, 0.1) is 11.8 Å². The summed E-state index contributed by atoms with van der Waals surface area (Å²) in [4.78, 5) is 10.3. The Morgan fingerprint density at radius 1 is 0.580 bits per heavy atom. The van der Waals surface area contributed by atoms with Gasteiger partial charge >= 0.3 is 0 Å². The van der Waals surface area contributed by atoms with Crippen molar-refractivity contribution in [3.05, 3.63) is 139 Å². The van der Waals surface area contributed by atoms with Crippen LogP contribution in [0.3, 0.4) is 0 Å². The maximum absolute atomic E-state index is 6.44. The molecule has 1 saturated carbocycles.